The zero-order valence-electron chi connectivity index (χ0n) is 13.7. The minimum atomic E-state index is -0.110. The van der Waals surface area contributed by atoms with Gasteiger partial charge in [-0.05, 0) is 18.9 Å². The number of urea groups is 1. The van der Waals surface area contributed by atoms with E-state index in [0.717, 1.165) is 18.2 Å². The van der Waals surface area contributed by atoms with Gasteiger partial charge in [-0.15, -0.1) is 0 Å². The van der Waals surface area contributed by atoms with E-state index in [4.69, 9.17) is 0 Å². The van der Waals surface area contributed by atoms with Gasteiger partial charge >= 0.3 is 6.03 Å². The third-order valence-electron chi connectivity index (χ3n) is 4.78. The van der Waals surface area contributed by atoms with Gasteiger partial charge in [0.1, 0.15) is 0 Å². The number of hydrogen-bond donors (Lipinski definition) is 1. The molecule has 0 aliphatic heterocycles. The summed E-state index contributed by atoms with van der Waals surface area (Å²) in [5, 5.41) is 4.37. The lowest BCUT2D eigenvalue weighted by Gasteiger charge is -2.31. The van der Waals surface area contributed by atoms with E-state index < -0.39 is 0 Å². The molecule has 122 valence electrons. The number of amides is 2. The van der Waals surface area contributed by atoms with Gasteiger partial charge in [0.25, 0.3) is 5.56 Å². The van der Waals surface area contributed by atoms with Crippen molar-refractivity contribution in [3.63, 3.8) is 0 Å². The number of aryl methyl sites for hydroxylation is 1. The summed E-state index contributed by atoms with van der Waals surface area (Å²) in [4.78, 5) is 26.6. The number of rotatable bonds is 2. The van der Waals surface area contributed by atoms with Crippen molar-refractivity contribution in [1.29, 1.82) is 0 Å². The summed E-state index contributed by atoms with van der Waals surface area (Å²) in [5.74, 6) is 0. The molecule has 0 saturated heterocycles. The van der Waals surface area contributed by atoms with Gasteiger partial charge in [0.2, 0.25) is 0 Å². The number of pyridine rings is 1. The fraction of sp³-hybridized carbons (Fsp3) is 0.444. The van der Waals surface area contributed by atoms with E-state index in [1.54, 1.807) is 24.2 Å². The number of aromatic nitrogens is 1. The SMILES string of the molecule is CN(C(=O)Nc1cn(C)c(=O)c2ccccc12)C1CCCCC1. The molecule has 0 radical (unpaired) electrons. The van der Waals surface area contributed by atoms with Crippen LogP contribution < -0.4 is 10.9 Å². The lowest BCUT2D eigenvalue weighted by Crippen LogP contribution is -2.41. The third kappa shape index (κ3) is 3.09. The fourth-order valence-electron chi connectivity index (χ4n) is 3.35. The highest BCUT2D eigenvalue weighted by atomic mass is 16.2. The average molecular weight is 313 g/mol. The highest BCUT2D eigenvalue weighted by molar-refractivity contribution is 6.00. The number of nitrogens with one attached hydrogen (secondary N) is 1. The van der Waals surface area contributed by atoms with Crippen LogP contribution in [0.15, 0.2) is 35.3 Å². The van der Waals surface area contributed by atoms with Crippen LogP contribution in [0.2, 0.25) is 0 Å². The summed E-state index contributed by atoms with van der Waals surface area (Å²) in [6.45, 7) is 0. The standard InChI is InChI=1S/C18H23N3O2/c1-20-12-16(14-10-6-7-11-15(14)17(20)22)19-18(23)21(2)13-8-4-3-5-9-13/h6-7,10-13H,3-5,8-9H2,1-2H3,(H,19,23). The molecule has 2 amide bonds. The Hall–Kier alpha value is -2.30. The predicted octanol–water partition coefficient (Wildman–Crippen LogP) is 3.33. The molecule has 0 spiro atoms. The fourth-order valence-corrected chi connectivity index (χ4v) is 3.35. The highest BCUT2D eigenvalue weighted by Gasteiger charge is 2.22. The minimum absolute atomic E-state index is 0.0563. The average Bonchev–Trinajstić information content (AvgIpc) is 2.59. The molecule has 1 aromatic heterocycles. The lowest BCUT2D eigenvalue weighted by molar-refractivity contribution is 0.186. The molecule has 0 atom stereocenters. The molecule has 23 heavy (non-hydrogen) atoms. The van der Waals surface area contributed by atoms with E-state index >= 15 is 0 Å². The quantitative estimate of drug-likeness (QED) is 0.924. The Bertz CT molecular complexity index is 775. The second-order valence-electron chi connectivity index (χ2n) is 6.34. The molecule has 2 aromatic rings. The molecule has 0 unspecified atom stereocenters. The van der Waals surface area contributed by atoms with Crippen molar-refractivity contribution in [2.24, 2.45) is 7.05 Å². The van der Waals surface area contributed by atoms with E-state index in [2.05, 4.69) is 5.32 Å². The Morgan fingerprint density at radius 2 is 1.83 bits per heavy atom. The maximum absolute atomic E-state index is 12.6. The maximum atomic E-state index is 12.6. The van der Waals surface area contributed by atoms with Gasteiger partial charge in [0, 0.05) is 37.1 Å². The van der Waals surface area contributed by atoms with Crippen LogP contribution in [0, 0.1) is 0 Å². The van der Waals surface area contributed by atoms with Crippen LogP contribution in [0.5, 0.6) is 0 Å². The Morgan fingerprint density at radius 1 is 1.17 bits per heavy atom. The summed E-state index contributed by atoms with van der Waals surface area (Å²) in [5.41, 5.74) is 0.620. The predicted molar refractivity (Wildman–Crippen MR) is 92.8 cm³/mol. The van der Waals surface area contributed by atoms with Gasteiger partial charge in [0.15, 0.2) is 0 Å². The minimum Gasteiger partial charge on any atom is -0.325 e. The van der Waals surface area contributed by atoms with Crippen LogP contribution in [0.4, 0.5) is 10.5 Å². The zero-order chi connectivity index (χ0) is 16.4. The molecule has 1 aliphatic carbocycles. The van der Waals surface area contributed by atoms with Gasteiger partial charge in [-0.3, -0.25) is 4.79 Å². The Morgan fingerprint density at radius 3 is 2.52 bits per heavy atom. The largest absolute Gasteiger partial charge is 0.325 e. The first-order valence-electron chi connectivity index (χ1n) is 8.20. The van der Waals surface area contributed by atoms with Crippen molar-refractivity contribution < 1.29 is 4.79 Å². The molecule has 3 rings (SSSR count). The monoisotopic (exact) mass is 313 g/mol. The number of carbonyl (C=O) groups is 1. The normalized spacial score (nSPS) is 15.6. The first-order chi connectivity index (χ1) is 11.1. The topological polar surface area (TPSA) is 54.3 Å². The summed E-state index contributed by atoms with van der Waals surface area (Å²) >= 11 is 0. The molecular weight excluding hydrogens is 290 g/mol. The molecule has 1 aromatic carbocycles. The van der Waals surface area contributed by atoms with Crippen molar-refractivity contribution in [1.82, 2.24) is 9.47 Å². The number of hydrogen-bond acceptors (Lipinski definition) is 2. The molecule has 0 bridgehead atoms. The number of benzene rings is 1. The number of carbonyl (C=O) groups excluding carboxylic acids is 1. The summed E-state index contributed by atoms with van der Waals surface area (Å²) in [6.07, 6.45) is 7.46. The van der Waals surface area contributed by atoms with Crippen LogP contribution in [0.25, 0.3) is 10.8 Å². The van der Waals surface area contributed by atoms with Crippen LogP contribution in [0.3, 0.4) is 0 Å². The van der Waals surface area contributed by atoms with E-state index in [1.165, 1.54) is 23.8 Å². The maximum Gasteiger partial charge on any atom is 0.321 e. The molecule has 5 heteroatoms. The second-order valence-corrected chi connectivity index (χ2v) is 6.34. The van der Waals surface area contributed by atoms with E-state index in [1.807, 2.05) is 25.2 Å². The van der Waals surface area contributed by atoms with Crippen molar-refractivity contribution in [3.8, 4) is 0 Å². The molecule has 1 N–H and O–H groups in total. The van der Waals surface area contributed by atoms with Crippen LogP contribution in [0.1, 0.15) is 32.1 Å². The molecule has 1 fully saturated rings. The second kappa shape index (κ2) is 6.44. The Labute approximate surface area is 135 Å². The Kier molecular flexibility index (Phi) is 4.37. The van der Waals surface area contributed by atoms with Crippen LogP contribution >= 0.6 is 0 Å². The van der Waals surface area contributed by atoms with E-state index in [-0.39, 0.29) is 11.6 Å². The van der Waals surface area contributed by atoms with Gasteiger partial charge in [-0.25, -0.2) is 4.79 Å². The lowest BCUT2D eigenvalue weighted by atomic mass is 9.95. The van der Waals surface area contributed by atoms with Gasteiger partial charge in [-0.2, -0.15) is 0 Å². The first kappa shape index (κ1) is 15.6. The van der Waals surface area contributed by atoms with Gasteiger partial charge in [-0.1, -0.05) is 37.5 Å². The van der Waals surface area contributed by atoms with Crippen molar-refractivity contribution in [2.45, 2.75) is 38.1 Å². The molecule has 5 nitrogen and oxygen atoms in total. The summed E-state index contributed by atoms with van der Waals surface area (Å²) < 4.78 is 1.51. The highest BCUT2D eigenvalue weighted by Crippen LogP contribution is 2.24. The van der Waals surface area contributed by atoms with Crippen LogP contribution in [-0.2, 0) is 7.05 Å². The smallest absolute Gasteiger partial charge is 0.321 e. The van der Waals surface area contributed by atoms with Gasteiger partial charge < -0.3 is 14.8 Å². The van der Waals surface area contributed by atoms with Gasteiger partial charge in [0.05, 0.1) is 5.69 Å². The zero-order valence-corrected chi connectivity index (χ0v) is 13.7. The van der Waals surface area contributed by atoms with Crippen molar-refractivity contribution >= 4 is 22.5 Å². The first-order valence-corrected chi connectivity index (χ1v) is 8.20. The number of nitrogens with zero attached hydrogens (tertiary/aromatic N) is 2. The molecule has 1 saturated carbocycles. The third-order valence-corrected chi connectivity index (χ3v) is 4.78. The van der Waals surface area contributed by atoms with Crippen molar-refractivity contribution in [3.05, 3.63) is 40.8 Å². The molecule has 1 heterocycles. The van der Waals surface area contributed by atoms with Crippen molar-refractivity contribution in [2.75, 3.05) is 12.4 Å². The van der Waals surface area contributed by atoms with E-state index in [9.17, 15) is 9.59 Å². The van der Waals surface area contributed by atoms with Crippen LogP contribution in [-0.4, -0.2) is 28.6 Å². The Balaban J connectivity index is 1.87. The summed E-state index contributed by atoms with van der Waals surface area (Å²) in [6, 6.07) is 7.57. The summed E-state index contributed by atoms with van der Waals surface area (Å²) in [7, 11) is 3.56. The number of fused-ring (bicyclic) bond motifs is 1. The molecule has 1 aliphatic rings. The number of anilines is 1. The van der Waals surface area contributed by atoms with E-state index in [0.29, 0.717) is 17.1 Å². The molecular formula is C18H23N3O2.